The van der Waals surface area contributed by atoms with Crippen LogP contribution in [-0.4, -0.2) is 32.2 Å². The summed E-state index contributed by atoms with van der Waals surface area (Å²) in [4.78, 5) is 4.33. The van der Waals surface area contributed by atoms with Gasteiger partial charge in [-0.2, -0.15) is 0 Å². The van der Waals surface area contributed by atoms with Crippen LogP contribution in [0, 0.1) is 0 Å². The monoisotopic (exact) mass is 257 g/mol. The standard InChI is InChI=1S/C10H15N3OS2/c1-2-16(14)6-5-13-9-7-12-4-3-8(9)10(11)15/h3-4,7,13H,2,5-6H2,1H3,(H2,11,15). The third-order valence-corrected chi connectivity index (χ3v) is 3.58. The van der Waals surface area contributed by atoms with Crippen LogP contribution < -0.4 is 11.1 Å². The minimum Gasteiger partial charge on any atom is -0.389 e. The van der Waals surface area contributed by atoms with Crippen molar-refractivity contribution >= 4 is 33.7 Å². The molecule has 0 spiro atoms. The first-order valence-electron chi connectivity index (χ1n) is 4.97. The lowest BCUT2D eigenvalue weighted by molar-refractivity contribution is 0.684. The van der Waals surface area contributed by atoms with Gasteiger partial charge in [-0.05, 0) is 6.07 Å². The van der Waals surface area contributed by atoms with E-state index in [1.807, 2.05) is 6.92 Å². The first-order chi connectivity index (χ1) is 7.65. The lowest BCUT2D eigenvalue weighted by Gasteiger charge is -2.09. The van der Waals surface area contributed by atoms with E-state index >= 15 is 0 Å². The molecule has 16 heavy (non-hydrogen) atoms. The molecule has 0 aliphatic heterocycles. The van der Waals surface area contributed by atoms with Gasteiger partial charge in [0.15, 0.2) is 0 Å². The Balaban J connectivity index is 2.60. The minimum absolute atomic E-state index is 0.335. The summed E-state index contributed by atoms with van der Waals surface area (Å²) in [5.41, 5.74) is 7.14. The maximum absolute atomic E-state index is 11.2. The highest BCUT2D eigenvalue weighted by Crippen LogP contribution is 2.12. The van der Waals surface area contributed by atoms with Gasteiger partial charge in [0.25, 0.3) is 0 Å². The molecule has 0 aliphatic carbocycles. The molecule has 1 aromatic heterocycles. The molecule has 0 saturated heterocycles. The lowest BCUT2D eigenvalue weighted by Crippen LogP contribution is -2.17. The second kappa shape index (κ2) is 6.55. The van der Waals surface area contributed by atoms with Crippen molar-refractivity contribution in [2.45, 2.75) is 6.92 Å². The van der Waals surface area contributed by atoms with E-state index < -0.39 is 10.8 Å². The fourth-order valence-electron chi connectivity index (χ4n) is 1.19. The molecule has 1 atom stereocenters. The zero-order valence-electron chi connectivity index (χ0n) is 9.10. The largest absolute Gasteiger partial charge is 0.389 e. The van der Waals surface area contributed by atoms with Crippen LogP contribution in [0.2, 0.25) is 0 Å². The maximum atomic E-state index is 11.2. The summed E-state index contributed by atoms with van der Waals surface area (Å²) in [6.07, 6.45) is 3.31. The number of pyridine rings is 1. The van der Waals surface area contributed by atoms with Gasteiger partial charge in [0, 0.05) is 40.6 Å². The molecule has 0 aromatic carbocycles. The SMILES string of the molecule is CCS(=O)CCNc1cnccc1C(N)=S. The van der Waals surface area contributed by atoms with Crippen LogP contribution in [0.25, 0.3) is 0 Å². The van der Waals surface area contributed by atoms with Gasteiger partial charge in [-0.1, -0.05) is 19.1 Å². The highest BCUT2D eigenvalue weighted by molar-refractivity contribution is 7.84. The molecule has 1 aromatic rings. The van der Waals surface area contributed by atoms with E-state index in [1.54, 1.807) is 18.5 Å². The number of hydrogen-bond donors (Lipinski definition) is 2. The Bertz CT molecular complexity index is 395. The summed E-state index contributed by atoms with van der Waals surface area (Å²) in [6, 6.07) is 1.77. The fraction of sp³-hybridized carbons (Fsp3) is 0.400. The quantitative estimate of drug-likeness (QED) is 0.741. The average Bonchev–Trinajstić information content (AvgIpc) is 2.29. The topological polar surface area (TPSA) is 68.0 Å². The van der Waals surface area contributed by atoms with E-state index in [2.05, 4.69) is 10.3 Å². The van der Waals surface area contributed by atoms with Crippen LogP contribution >= 0.6 is 12.2 Å². The number of rotatable bonds is 6. The number of thiocarbonyl (C=S) groups is 1. The number of anilines is 1. The summed E-state index contributed by atoms with van der Waals surface area (Å²) < 4.78 is 11.2. The predicted octanol–water partition coefficient (Wildman–Crippen LogP) is 0.896. The third-order valence-electron chi connectivity index (χ3n) is 2.05. The van der Waals surface area contributed by atoms with Crippen molar-refractivity contribution in [2.24, 2.45) is 5.73 Å². The second-order valence-corrected chi connectivity index (χ2v) is 5.45. The van der Waals surface area contributed by atoms with Gasteiger partial charge in [-0.3, -0.25) is 9.19 Å². The van der Waals surface area contributed by atoms with E-state index in [0.29, 0.717) is 23.0 Å². The van der Waals surface area contributed by atoms with Crippen LogP contribution in [0.1, 0.15) is 12.5 Å². The zero-order chi connectivity index (χ0) is 12.0. The summed E-state index contributed by atoms with van der Waals surface area (Å²) in [5, 5.41) is 3.14. The first-order valence-corrected chi connectivity index (χ1v) is 6.87. The van der Waals surface area contributed by atoms with Gasteiger partial charge < -0.3 is 11.1 Å². The maximum Gasteiger partial charge on any atom is 0.106 e. The molecule has 6 heteroatoms. The van der Waals surface area contributed by atoms with E-state index in [9.17, 15) is 4.21 Å². The van der Waals surface area contributed by atoms with Crippen LogP contribution in [-0.2, 0) is 10.8 Å². The Morgan fingerprint density at radius 3 is 3.06 bits per heavy atom. The van der Waals surface area contributed by atoms with E-state index in [0.717, 1.165) is 11.3 Å². The third kappa shape index (κ3) is 3.86. The first kappa shape index (κ1) is 13.1. The van der Waals surface area contributed by atoms with E-state index in [-0.39, 0.29) is 0 Å². The van der Waals surface area contributed by atoms with Crippen molar-refractivity contribution in [3.05, 3.63) is 24.0 Å². The lowest BCUT2D eigenvalue weighted by atomic mass is 10.2. The molecule has 1 rings (SSSR count). The molecule has 0 bridgehead atoms. The molecule has 0 saturated carbocycles. The summed E-state index contributed by atoms with van der Waals surface area (Å²) in [7, 11) is -0.765. The molecule has 88 valence electrons. The summed E-state index contributed by atoms with van der Waals surface area (Å²) >= 11 is 4.92. The second-order valence-electron chi connectivity index (χ2n) is 3.14. The Kier molecular flexibility index (Phi) is 5.34. The highest BCUT2D eigenvalue weighted by atomic mass is 32.2. The fourth-order valence-corrected chi connectivity index (χ4v) is 1.99. The number of nitrogens with zero attached hydrogens (tertiary/aromatic N) is 1. The Hall–Kier alpha value is -1.01. The molecule has 1 heterocycles. The summed E-state index contributed by atoms with van der Waals surface area (Å²) in [6.45, 7) is 2.53. The van der Waals surface area contributed by atoms with E-state index in [1.165, 1.54) is 0 Å². The van der Waals surface area contributed by atoms with Gasteiger partial charge in [0.1, 0.15) is 4.99 Å². The van der Waals surface area contributed by atoms with Crippen LogP contribution in [0.15, 0.2) is 18.5 Å². The molecule has 0 radical (unpaired) electrons. The number of aromatic nitrogens is 1. The van der Waals surface area contributed by atoms with Gasteiger partial charge in [-0.15, -0.1) is 0 Å². The highest BCUT2D eigenvalue weighted by Gasteiger charge is 2.04. The molecule has 1 unspecified atom stereocenters. The number of hydrogen-bond acceptors (Lipinski definition) is 4. The van der Waals surface area contributed by atoms with Gasteiger partial charge >= 0.3 is 0 Å². The van der Waals surface area contributed by atoms with Crippen molar-refractivity contribution in [2.75, 3.05) is 23.4 Å². The Labute approximate surface area is 103 Å². The molecule has 0 fully saturated rings. The normalized spacial score (nSPS) is 12.1. The molecule has 3 N–H and O–H groups in total. The van der Waals surface area contributed by atoms with E-state index in [4.69, 9.17) is 18.0 Å². The Morgan fingerprint density at radius 1 is 1.69 bits per heavy atom. The van der Waals surface area contributed by atoms with Crippen molar-refractivity contribution < 1.29 is 4.21 Å². The number of nitrogens with one attached hydrogen (secondary N) is 1. The minimum atomic E-state index is -0.765. The van der Waals surface area contributed by atoms with Gasteiger partial charge in [-0.25, -0.2) is 0 Å². The van der Waals surface area contributed by atoms with Crippen LogP contribution in [0.4, 0.5) is 5.69 Å². The summed E-state index contributed by atoms with van der Waals surface area (Å²) in [5.74, 6) is 1.29. The predicted molar refractivity (Wildman–Crippen MR) is 72.2 cm³/mol. The molecule has 4 nitrogen and oxygen atoms in total. The van der Waals surface area contributed by atoms with Crippen molar-refractivity contribution in [1.82, 2.24) is 4.98 Å². The number of nitrogens with two attached hydrogens (primary N) is 1. The zero-order valence-corrected chi connectivity index (χ0v) is 10.7. The van der Waals surface area contributed by atoms with Crippen molar-refractivity contribution in [1.29, 1.82) is 0 Å². The molecular formula is C10H15N3OS2. The Morgan fingerprint density at radius 2 is 2.44 bits per heavy atom. The van der Waals surface area contributed by atoms with Gasteiger partial charge in [0.05, 0.1) is 11.9 Å². The van der Waals surface area contributed by atoms with Crippen LogP contribution in [0.5, 0.6) is 0 Å². The molecular weight excluding hydrogens is 242 g/mol. The van der Waals surface area contributed by atoms with Crippen molar-refractivity contribution in [3.8, 4) is 0 Å². The van der Waals surface area contributed by atoms with Crippen molar-refractivity contribution in [3.63, 3.8) is 0 Å². The van der Waals surface area contributed by atoms with Gasteiger partial charge in [0.2, 0.25) is 0 Å². The van der Waals surface area contributed by atoms with Crippen LogP contribution in [0.3, 0.4) is 0 Å². The molecule has 0 amide bonds. The average molecular weight is 257 g/mol. The smallest absolute Gasteiger partial charge is 0.106 e. The molecule has 0 aliphatic rings.